The van der Waals surface area contributed by atoms with Crippen LogP contribution in [-0.2, 0) is 11.3 Å². The number of halogens is 1. The van der Waals surface area contributed by atoms with E-state index in [9.17, 15) is 4.79 Å². The third kappa shape index (κ3) is 3.74. The van der Waals surface area contributed by atoms with E-state index < -0.39 is 0 Å². The third-order valence-electron chi connectivity index (χ3n) is 5.43. The maximum atomic E-state index is 12.7. The molecule has 5 rings (SSSR count). The molecule has 7 nitrogen and oxygen atoms in total. The van der Waals surface area contributed by atoms with Crippen LogP contribution >= 0.6 is 11.6 Å². The van der Waals surface area contributed by atoms with E-state index in [1.807, 2.05) is 45.8 Å². The molecule has 0 atom stereocenters. The summed E-state index contributed by atoms with van der Waals surface area (Å²) >= 11 is 6.24. The van der Waals surface area contributed by atoms with Gasteiger partial charge in [-0.2, -0.15) is 0 Å². The van der Waals surface area contributed by atoms with E-state index in [2.05, 4.69) is 16.0 Å². The van der Waals surface area contributed by atoms with Crippen LogP contribution < -0.4 is 9.47 Å². The molecule has 0 aliphatic carbocycles. The van der Waals surface area contributed by atoms with E-state index >= 15 is 0 Å². The van der Waals surface area contributed by atoms with E-state index in [1.165, 1.54) is 5.56 Å². The Balaban J connectivity index is 1.18. The number of rotatable bonds is 4. The Morgan fingerprint density at radius 3 is 2.80 bits per heavy atom. The van der Waals surface area contributed by atoms with E-state index in [4.69, 9.17) is 21.1 Å². The highest BCUT2D eigenvalue weighted by atomic mass is 35.5. The van der Waals surface area contributed by atoms with Gasteiger partial charge in [0.2, 0.25) is 12.7 Å². The highest BCUT2D eigenvalue weighted by Gasteiger charge is 2.21. The van der Waals surface area contributed by atoms with Crippen LogP contribution in [0.2, 0.25) is 5.15 Å². The molecule has 2 aromatic heterocycles. The zero-order chi connectivity index (χ0) is 20.5. The van der Waals surface area contributed by atoms with Crippen LogP contribution in [0.4, 0.5) is 0 Å². The lowest BCUT2D eigenvalue weighted by atomic mass is 10.1. The number of amides is 1. The second-order valence-corrected chi connectivity index (χ2v) is 7.70. The minimum absolute atomic E-state index is 0.0142. The van der Waals surface area contributed by atoms with E-state index in [0.717, 1.165) is 36.8 Å². The van der Waals surface area contributed by atoms with Gasteiger partial charge in [-0.25, -0.2) is 4.98 Å². The van der Waals surface area contributed by atoms with E-state index in [1.54, 1.807) is 12.2 Å². The summed E-state index contributed by atoms with van der Waals surface area (Å²) in [6.45, 7) is 4.14. The first-order valence-corrected chi connectivity index (χ1v) is 10.3. The van der Waals surface area contributed by atoms with Crippen molar-refractivity contribution in [2.45, 2.75) is 6.54 Å². The number of aromatic nitrogens is 2. The minimum atomic E-state index is -0.0142. The predicted molar refractivity (Wildman–Crippen MR) is 114 cm³/mol. The number of pyridine rings is 1. The summed E-state index contributed by atoms with van der Waals surface area (Å²) in [6, 6.07) is 11.7. The van der Waals surface area contributed by atoms with Gasteiger partial charge >= 0.3 is 0 Å². The second-order valence-electron chi connectivity index (χ2n) is 7.34. The number of nitrogens with zero attached hydrogens (tertiary/aromatic N) is 4. The van der Waals surface area contributed by atoms with Gasteiger partial charge < -0.3 is 14.4 Å². The fourth-order valence-electron chi connectivity index (χ4n) is 3.81. The van der Waals surface area contributed by atoms with Crippen molar-refractivity contribution >= 4 is 29.2 Å². The normalized spacial score (nSPS) is 16.6. The number of fused-ring (bicyclic) bond motifs is 2. The van der Waals surface area contributed by atoms with Gasteiger partial charge in [0, 0.05) is 45.0 Å². The predicted octanol–water partition coefficient (Wildman–Crippen LogP) is 3.07. The molecule has 0 saturated carbocycles. The number of carbonyl (C=O) groups excluding carboxylic acids is 1. The van der Waals surface area contributed by atoms with Gasteiger partial charge in [-0.05, 0) is 35.9 Å². The summed E-state index contributed by atoms with van der Waals surface area (Å²) in [4.78, 5) is 21.2. The maximum absolute atomic E-state index is 12.7. The van der Waals surface area contributed by atoms with Crippen LogP contribution in [0.3, 0.4) is 0 Å². The first kappa shape index (κ1) is 19.0. The van der Waals surface area contributed by atoms with Gasteiger partial charge in [0.1, 0.15) is 5.65 Å². The molecular weight excluding hydrogens is 404 g/mol. The lowest BCUT2D eigenvalue weighted by Crippen LogP contribution is -2.47. The number of hydrogen-bond acceptors (Lipinski definition) is 5. The lowest BCUT2D eigenvalue weighted by Gasteiger charge is -2.34. The lowest BCUT2D eigenvalue weighted by molar-refractivity contribution is -0.127. The molecule has 0 unspecified atom stereocenters. The van der Waals surface area contributed by atoms with Crippen molar-refractivity contribution in [1.82, 2.24) is 19.2 Å². The number of hydrogen-bond donors (Lipinski definition) is 0. The van der Waals surface area contributed by atoms with Gasteiger partial charge in [0.25, 0.3) is 0 Å². The molecule has 0 N–H and O–H groups in total. The van der Waals surface area contributed by atoms with Gasteiger partial charge in [-0.3, -0.25) is 14.1 Å². The number of carbonyl (C=O) groups is 1. The highest BCUT2D eigenvalue weighted by molar-refractivity contribution is 6.31. The average molecular weight is 425 g/mol. The zero-order valence-electron chi connectivity index (χ0n) is 16.3. The fourth-order valence-corrected chi connectivity index (χ4v) is 4.06. The molecular formula is C22H21ClN4O3. The van der Waals surface area contributed by atoms with Crippen molar-refractivity contribution in [3.8, 4) is 11.5 Å². The summed E-state index contributed by atoms with van der Waals surface area (Å²) < 4.78 is 12.7. The first-order valence-electron chi connectivity index (χ1n) is 9.88. The molecule has 0 radical (unpaired) electrons. The summed E-state index contributed by atoms with van der Waals surface area (Å²) in [5, 5.41) is 0.388. The quantitative estimate of drug-likeness (QED) is 0.602. The zero-order valence-corrected chi connectivity index (χ0v) is 17.1. The average Bonchev–Trinajstić information content (AvgIpc) is 3.35. The van der Waals surface area contributed by atoms with Crippen molar-refractivity contribution in [1.29, 1.82) is 0 Å². The van der Waals surface area contributed by atoms with Crippen LogP contribution in [-0.4, -0.2) is 58.1 Å². The minimum Gasteiger partial charge on any atom is -0.454 e. The summed E-state index contributed by atoms with van der Waals surface area (Å²) in [5.74, 6) is 1.59. The molecule has 1 saturated heterocycles. The number of piperazine rings is 1. The molecule has 2 aliphatic rings. The number of ether oxygens (including phenoxy) is 2. The van der Waals surface area contributed by atoms with Crippen LogP contribution in [0.1, 0.15) is 11.3 Å². The van der Waals surface area contributed by atoms with Crippen LogP contribution in [0.5, 0.6) is 11.5 Å². The fraction of sp³-hybridized carbons (Fsp3) is 0.273. The Labute approximate surface area is 179 Å². The standard InChI is InChI=1S/C22H21ClN4O3/c23-22-17(27-8-2-1-3-20(27)24-22)5-7-21(28)26-11-9-25(10-12-26)14-16-4-6-18-19(13-16)30-15-29-18/h1-8,13H,9-12,14-15H2. The molecule has 2 aliphatic heterocycles. The molecule has 3 aromatic rings. The molecule has 1 aromatic carbocycles. The molecule has 0 spiro atoms. The van der Waals surface area contributed by atoms with Crippen molar-refractivity contribution in [3.63, 3.8) is 0 Å². The molecule has 8 heteroatoms. The molecule has 1 fully saturated rings. The van der Waals surface area contributed by atoms with Crippen LogP contribution in [0.15, 0.2) is 48.7 Å². The summed E-state index contributed by atoms with van der Waals surface area (Å²) in [7, 11) is 0. The highest BCUT2D eigenvalue weighted by Crippen LogP contribution is 2.32. The Morgan fingerprint density at radius 1 is 1.10 bits per heavy atom. The van der Waals surface area contributed by atoms with Crippen molar-refractivity contribution in [2.24, 2.45) is 0 Å². The van der Waals surface area contributed by atoms with Crippen molar-refractivity contribution in [2.75, 3.05) is 33.0 Å². The first-order chi connectivity index (χ1) is 14.7. The monoisotopic (exact) mass is 424 g/mol. The van der Waals surface area contributed by atoms with E-state index in [-0.39, 0.29) is 12.7 Å². The Morgan fingerprint density at radius 2 is 1.93 bits per heavy atom. The van der Waals surface area contributed by atoms with E-state index in [0.29, 0.717) is 23.9 Å². The summed E-state index contributed by atoms with van der Waals surface area (Å²) in [5.41, 5.74) is 2.65. The third-order valence-corrected chi connectivity index (χ3v) is 5.71. The largest absolute Gasteiger partial charge is 0.454 e. The van der Waals surface area contributed by atoms with Crippen molar-refractivity contribution in [3.05, 3.63) is 65.1 Å². The SMILES string of the molecule is O=C(C=Cc1c(Cl)nc2ccccn12)N1CCN(Cc2ccc3c(c2)OCO3)CC1. The van der Waals surface area contributed by atoms with Crippen LogP contribution in [0, 0.1) is 0 Å². The Bertz CT molecular complexity index is 1120. The maximum Gasteiger partial charge on any atom is 0.246 e. The van der Waals surface area contributed by atoms with Gasteiger partial charge in [-0.1, -0.05) is 23.7 Å². The van der Waals surface area contributed by atoms with Crippen LogP contribution in [0.25, 0.3) is 11.7 Å². The van der Waals surface area contributed by atoms with Gasteiger partial charge in [-0.15, -0.1) is 0 Å². The Kier molecular flexibility index (Phi) is 5.06. The second kappa shape index (κ2) is 8.01. The molecule has 30 heavy (non-hydrogen) atoms. The topological polar surface area (TPSA) is 59.3 Å². The molecule has 4 heterocycles. The number of imidazole rings is 1. The molecule has 154 valence electrons. The molecule has 1 amide bonds. The molecule has 0 bridgehead atoms. The van der Waals surface area contributed by atoms with Crippen molar-refractivity contribution < 1.29 is 14.3 Å². The smallest absolute Gasteiger partial charge is 0.246 e. The summed E-state index contributed by atoms with van der Waals surface area (Å²) in [6.07, 6.45) is 5.20. The Hall–Kier alpha value is -3.03. The number of benzene rings is 1. The van der Waals surface area contributed by atoms with Gasteiger partial charge in [0.05, 0.1) is 5.69 Å². The van der Waals surface area contributed by atoms with Gasteiger partial charge in [0.15, 0.2) is 16.7 Å².